The van der Waals surface area contributed by atoms with E-state index in [4.69, 9.17) is 5.11 Å². The third-order valence-corrected chi connectivity index (χ3v) is 6.33. The molecule has 1 amide bonds. The van der Waals surface area contributed by atoms with Crippen LogP contribution in [0.3, 0.4) is 0 Å². The van der Waals surface area contributed by atoms with Gasteiger partial charge in [-0.1, -0.05) is 12.8 Å². The van der Waals surface area contributed by atoms with Gasteiger partial charge in [0.05, 0.1) is 18.7 Å². The molecule has 5 nitrogen and oxygen atoms in total. The van der Waals surface area contributed by atoms with E-state index in [1.807, 2.05) is 0 Å². The summed E-state index contributed by atoms with van der Waals surface area (Å²) in [6, 6.07) is 0.140. The van der Waals surface area contributed by atoms with Crippen LogP contribution in [0, 0.1) is 17.8 Å². The quantitative estimate of drug-likeness (QED) is 0.606. The molecule has 6 heteroatoms. The van der Waals surface area contributed by atoms with Crippen molar-refractivity contribution in [1.82, 2.24) is 16.0 Å². The zero-order valence-electron chi connectivity index (χ0n) is 15.2. The normalized spacial score (nSPS) is 39.8. The van der Waals surface area contributed by atoms with Crippen molar-refractivity contribution < 1.29 is 14.3 Å². The molecule has 25 heavy (non-hydrogen) atoms. The molecule has 1 saturated carbocycles. The van der Waals surface area contributed by atoms with E-state index in [1.165, 1.54) is 6.42 Å². The van der Waals surface area contributed by atoms with Crippen molar-refractivity contribution in [2.24, 2.45) is 17.8 Å². The number of amides is 1. The Kier molecular flexibility index (Phi) is 7.08. The topological polar surface area (TPSA) is 73.4 Å². The minimum absolute atomic E-state index is 0.00560. The number of piperidine rings is 2. The first-order valence-electron chi connectivity index (χ1n) is 10.2. The van der Waals surface area contributed by atoms with Gasteiger partial charge in [-0.2, -0.15) is 0 Å². The van der Waals surface area contributed by atoms with E-state index in [0.717, 1.165) is 57.9 Å². The fraction of sp³-hybridized carbons (Fsp3) is 0.947. The lowest BCUT2D eigenvalue weighted by molar-refractivity contribution is -0.127. The second-order valence-corrected chi connectivity index (χ2v) is 8.34. The van der Waals surface area contributed by atoms with Crippen LogP contribution in [0.15, 0.2) is 0 Å². The van der Waals surface area contributed by atoms with Gasteiger partial charge in [-0.25, -0.2) is 4.39 Å². The summed E-state index contributed by atoms with van der Waals surface area (Å²) in [5.41, 5.74) is 0. The summed E-state index contributed by atoms with van der Waals surface area (Å²) in [4.78, 5) is 12.4. The molecule has 3 aliphatic rings. The van der Waals surface area contributed by atoms with E-state index in [1.54, 1.807) is 0 Å². The van der Waals surface area contributed by atoms with E-state index < -0.39 is 6.17 Å². The standard InChI is InChI=1S/C19H34FN3O2/c20-16-3-1-2-13(9-16)8-14-4-7-18(22-10-14)23-19(25)15-5-6-17(12-24)21-11-15/h13-18,21-22,24H,1-12H2,(H,23,25). The zero-order chi connectivity index (χ0) is 17.6. The van der Waals surface area contributed by atoms with Crippen LogP contribution < -0.4 is 16.0 Å². The lowest BCUT2D eigenvalue weighted by atomic mass is 9.80. The van der Waals surface area contributed by atoms with Crippen molar-refractivity contribution in [2.45, 2.75) is 76.2 Å². The highest BCUT2D eigenvalue weighted by Gasteiger charge is 2.30. The van der Waals surface area contributed by atoms with E-state index in [-0.39, 0.29) is 30.6 Å². The minimum Gasteiger partial charge on any atom is -0.395 e. The number of carbonyl (C=O) groups excluding carboxylic acids is 1. The first kappa shape index (κ1) is 19.1. The van der Waals surface area contributed by atoms with Crippen LogP contribution in [0.4, 0.5) is 4.39 Å². The van der Waals surface area contributed by atoms with Crippen LogP contribution in [-0.4, -0.2) is 49.1 Å². The highest BCUT2D eigenvalue weighted by atomic mass is 19.1. The average molecular weight is 355 g/mol. The Morgan fingerprint density at radius 1 is 1.04 bits per heavy atom. The SMILES string of the molecule is O=C(NC1CCC(CC2CCCC(F)C2)CN1)C1CCC(CO)NC1. The van der Waals surface area contributed by atoms with Crippen molar-refractivity contribution in [3.05, 3.63) is 0 Å². The van der Waals surface area contributed by atoms with Crippen LogP contribution in [0.1, 0.15) is 57.8 Å². The summed E-state index contributed by atoms with van der Waals surface area (Å²) in [7, 11) is 0. The molecule has 6 atom stereocenters. The number of aliphatic hydroxyl groups is 1. The summed E-state index contributed by atoms with van der Waals surface area (Å²) in [6.45, 7) is 1.72. The Hall–Kier alpha value is -0.720. The summed E-state index contributed by atoms with van der Waals surface area (Å²) in [6.07, 6.45) is 8.10. The minimum atomic E-state index is -0.586. The molecule has 2 heterocycles. The average Bonchev–Trinajstić information content (AvgIpc) is 2.63. The highest BCUT2D eigenvalue weighted by molar-refractivity contribution is 5.79. The molecule has 2 saturated heterocycles. The molecule has 144 valence electrons. The molecule has 6 unspecified atom stereocenters. The lowest BCUT2D eigenvalue weighted by Crippen LogP contribution is -2.54. The van der Waals surface area contributed by atoms with Crippen molar-refractivity contribution >= 4 is 5.91 Å². The van der Waals surface area contributed by atoms with Gasteiger partial charge in [0.25, 0.3) is 0 Å². The number of rotatable bonds is 5. The molecular formula is C19H34FN3O2. The van der Waals surface area contributed by atoms with E-state index in [2.05, 4.69) is 16.0 Å². The summed E-state index contributed by atoms with van der Waals surface area (Å²) in [5.74, 6) is 1.29. The number of aliphatic hydroxyl groups excluding tert-OH is 1. The Morgan fingerprint density at radius 3 is 2.56 bits per heavy atom. The molecule has 3 rings (SSSR count). The molecule has 3 fully saturated rings. The fourth-order valence-corrected chi connectivity index (χ4v) is 4.74. The Bertz CT molecular complexity index is 421. The fourth-order valence-electron chi connectivity index (χ4n) is 4.74. The van der Waals surface area contributed by atoms with Gasteiger partial charge in [0.15, 0.2) is 0 Å². The first-order valence-corrected chi connectivity index (χ1v) is 10.2. The smallest absolute Gasteiger partial charge is 0.225 e. The van der Waals surface area contributed by atoms with Gasteiger partial charge in [-0.05, 0) is 63.3 Å². The van der Waals surface area contributed by atoms with Gasteiger partial charge in [-0.3, -0.25) is 10.1 Å². The van der Waals surface area contributed by atoms with Crippen LogP contribution >= 0.6 is 0 Å². The maximum Gasteiger partial charge on any atom is 0.225 e. The van der Waals surface area contributed by atoms with Gasteiger partial charge in [0, 0.05) is 12.6 Å². The van der Waals surface area contributed by atoms with Crippen molar-refractivity contribution in [3.63, 3.8) is 0 Å². The molecule has 0 aromatic rings. The van der Waals surface area contributed by atoms with Crippen molar-refractivity contribution in [3.8, 4) is 0 Å². The van der Waals surface area contributed by atoms with E-state index >= 15 is 0 Å². The molecular weight excluding hydrogens is 321 g/mol. The molecule has 1 aliphatic carbocycles. The molecule has 0 aromatic carbocycles. The summed E-state index contributed by atoms with van der Waals surface area (Å²) < 4.78 is 13.5. The molecule has 2 aliphatic heterocycles. The predicted molar refractivity (Wildman–Crippen MR) is 95.7 cm³/mol. The largest absolute Gasteiger partial charge is 0.395 e. The molecule has 0 bridgehead atoms. The van der Waals surface area contributed by atoms with Gasteiger partial charge in [0.2, 0.25) is 5.91 Å². The second-order valence-electron chi connectivity index (χ2n) is 8.34. The Morgan fingerprint density at radius 2 is 1.92 bits per heavy atom. The molecule has 0 aromatic heterocycles. The third-order valence-electron chi connectivity index (χ3n) is 6.33. The lowest BCUT2D eigenvalue weighted by Gasteiger charge is -2.35. The van der Waals surface area contributed by atoms with Crippen LogP contribution in [-0.2, 0) is 4.79 Å². The van der Waals surface area contributed by atoms with Crippen LogP contribution in [0.5, 0.6) is 0 Å². The van der Waals surface area contributed by atoms with Gasteiger partial charge in [-0.15, -0.1) is 0 Å². The van der Waals surface area contributed by atoms with Gasteiger partial charge < -0.3 is 15.7 Å². The van der Waals surface area contributed by atoms with Crippen LogP contribution in [0.2, 0.25) is 0 Å². The number of hydrogen-bond donors (Lipinski definition) is 4. The van der Waals surface area contributed by atoms with Gasteiger partial charge >= 0.3 is 0 Å². The number of alkyl halides is 1. The Balaban J connectivity index is 1.34. The zero-order valence-corrected chi connectivity index (χ0v) is 15.2. The first-order chi connectivity index (χ1) is 12.1. The number of nitrogens with one attached hydrogen (secondary N) is 3. The van der Waals surface area contributed by atoms with E-state index in [0.29, 0.717) is 18.4 Å². The molecule has 0 radical (unpaired) electrons. The van der Waals surface area contributed by atoms with E-state index in [9.17, 15) is 9.18 Å². The predicted octanol–water partition coefficient (Wildman–Crippen LogP) is 1.71. The molecule has 0 spiro atoms. The number of carbonyl (C=O) groups is 1. The summed E-state index contributed by atoms with van der Waals surface area (Å²) >= 11 is 0. The number of halogens is 1. The summed E-state index contributed by atoms with van der Waals surface area (Å²) in [5, 5.41) is 19.0. The monoisotopic (exact) mass is 355 g/mol. The molecule has 4 N–H and O–H groups in total. The van der Waals surface area contributed by atoms with Gasteiger partial charge in [0.1, 0.15) is 6.17 Å². The van der Waals surface area contributed by atoms with Crippen molar-refractivity contribution in [1.29, 1.82) is 0 Å². The maximum absolute atomic E-state index is 13.5. The highest BCUT2D eigenvalue weighted by Crippen LogP contribution is 2.33. The second kappa shape index (κ2) is 9.28. The Labute approximate surface area is 150 Å². The van der Waals surface area contributed by atoms with Crippen molar-refractivity contribution in [2.75, 3.05) is 19.7 Å². The third kappa shape index (κ3) is 5.63. The maximum atomic E-state index is 13.5. The van der Waals surface area contributed by atoms with Crippen LogP contribution in [0.25, 0.3) is 0 Å². The number of hydrogen-bond acceptors (Lipinski definition) is 4.